The Morgan fingerprint density at radius 1 is 1.24 bits per heavy atom. The molecule has 1 atom stereocenters. The Bertz CT molecular complexity index is 881. The molecule has 0 radical (unpaired) electrons. The van der Waals surface area contributed by atoms with Gasteiger partial charge in [-0.3, -0.25) is 19.8 Å². The molecule has 8 nitrogen and oxygen atoms in total. The molecule has 1 amide bonds. The Balaban J connectivity index is 1.77. The predicted octanol–water partition coefficient (Wildman–Crippen LogP) is 3.21. The van der Waals surface area contributed by atoms with Crippen LogP contribution in [0.15, 0.2) is 42.5 Å². The van der Waals surface area contributed by atoms with Gasteiger partial charge in [0.1, 0.15) is 11.4 Å². The third kappa shape index (κ3) is 4.83. The summed E-state index contributed by atoms with van der Waals surface area (Å²) >= 11 is 0. The van der Waals surface area contributed by atoms with Crippen LogP contribution in [0.25, 0.3) is 0 Å². The number of nitrogens with one attached hydrogen (secondary N) is 2. The van der Waals surface area contributed by atoms with Crippen molar-refractivity contribution >= 4 is 17.3 Å². The number of nitro groups is 1. The first kappa shape index (κ1) is 20.6. The molecule has 0 aromatic heterocycles. The van der Waals surface area contributed by atoms with Gasteiger partial charge in [0, 0.05) is 25.2 Å². The largest absolute Gasteiger partial charge is 0.497 e. The van der Waals surface area contributed by atoms with E-state index >= 15 is 0 Å². The molecular formula is C21H26N4O4. The Labute approximate surface area is 170 Å². The molecule has 154 valence electrons. The minimum atomic E-state index is -0.494. The molecule has 8 heteroatoms. The predicted molar refractivity (Wildman–Crippen MR) is 112 cm³/mol. The van der Waals surface area contributed by atoms with Gasteiger partial charge in [-0.05, 0) is 55.8 Å². The van der Waals surface area contributed by atoms with E-state index in [0.717, 1.165) is 37.2 Å². The second-order valence-corrected chi connectivity index (χ2v) is 6.98. The van der Waals surface area contributed by atoms with Gasteiger partial charge in [0.05, 0.1) is 18.1 Å². The fourth-order valence-electron chi connectivity index (χ4n) is 3.69. The smallest absolute Gasteiger partial charge is 0.293 e. The molecule has 2 aromatic carbocycles. The molecule has 1 unspecified atom stereocenters. The van der Waals surface area contributed by atoms with Crippen molar-refractivity contribution in [3.8, 4) is 5.75 Å². The molecule has 2 N–H and O–H groups in total. The average molecular weight is 398 g/mol. The van der Waals surface area contributed by atoms with Crippen LogP contribution in [0.5, 0.6) is 5.75 Å². The number of hydrogen-bond donors (Lipinski definition) is 2. The number of ether oxygens (including phenoxy) is 1. The number of carbonyl (C=O) groups is 1. The maximum atomic E-state index is 12.7. The Morgan fingerprint density at radius 2 is 2.00 bits per heavy atom. The number of hydrogen-bond acceptors (Lipinski definition) is 6. The standard InChI is InChI=1S/C21H26N4O4/c1-22-18-9-8-16(13-19(18)25(27)28)21(26)23-14-20(24-10-3-4-11-24)15-6-5-7-17(12-15)29-2/h5-9,12-13,20,22H,3-4,10-11,14H2,1-2H3,(H,23,26). The van der Waals surface area contributed by atoms with Crippen LogP contribution in [-0.2, 0) is 0 Å². The summed E-state index contributed by atoms with van der Waals surface area (Å²) in [4.78, 5) is 25.8. The molecule has 1 fully saturated rings. The van der Waals surface area contributed by atoms with Crippen LogP contribution < -0.4 is 15.4 Å². The minimum absolute atomic E-state index is 0.0168. The lowest BCUT2D eigenvalue weighted by Gasteiger charge is -2.28. The van der Waals surface area contributed by atoms with Crippen LogP contribution in [0.4, 0.5) is 11.4 Å². The summed E-state index contributed by atoms with van der Waals surface area (Å²) in [5, 5.41) is 17.0. The summed E-state index contributed by atoms with van der Waals surface area (Å²) in [6.45, 7) is 2.35. The van der Waals surface area contributed by atoms with Gasteiger partial charge in [-0.15, -0.1) is 0 Å². The normalized spacial score (nSPS) is 15.0. The number of methoxy groups -OCH3 is 1. The van der Waals surface area contributed by atoms with E-state index in [9.17, 15) is 14.9 Å². The highest BCUT2D eigenvalue weighted by molar-refractivity contribution is 5.95. The number of likely N-dealkylation sites (tertiary alicyclic amines) is 1. The van der Waals surface area contributed by atoms with Gasteiger partial charge in [-0.25, -0.2) is 0 Å². The third-order valence-corrected chi connectivity index (χ3v) is 5.24. The second-order valence-electron chi connectivity index (χ2n) is 6.98. The van der Waals surface area contributed by atoms with E-state index in [-0.39, 0.29) is 23.2 Å². The molecule has 1 aliphatic heterocycles. The van der Waals surface area contributed by atoms with Crippen molar-refractivity contribution in [3.63, 3.8) is 0 Å². The number of carbonyl (C=O) groups excluding carboxylic acids is 1. The highest BCUT2D eigenvalue weighted by Gasteiger charge is 2.25. The highest BCUT2D eigenvalue weighted by atomic mass is 16.6. The van der Waals surface area contributed by atoms with Crippen molar-refractivity contribution in [2.45, 2.75) is 18.9 Å². The molecule has 0 aliphatic carbocycles. The monoisotopic (exact) mass is 398 g/mol. The van der Waals surface area contributed by atoms with E-state index in [0.29, 0.717) is 12.2 Å². The van der Waals surface area contributed by atoms with Crippen molar-refractivity contribution in [2.24, 2.45) is 0 Å². The van der Waals surface area contributed by atoms with Crippen molar-refractivity contribution in [1.29, 1.82) is 0 Å². The molecule has 0 spiro atoms. The van der Waals surface area contributed by atoms with Gasteiger partial charge >= 0.3 is 0 Å². The van der Waals surface area contributed by atoms with Gasteiger partial charge in [-0.2, -0.15) is 0 Å². The number of amides is 1. The number of anilines is 1. The zero-order valence-electron chi connectivity index (χ0n) is 16.7. The van der Waals surface area contributed by atoms with Crippen molar-refractivity contribution < 1.29 is 14.5 Å². The lowest BCUT2D eigenvalue weighted by molar-refractivity contribution is -0.384. The van der Waals surface area contributed by atoms with Crippen LogP contribution in [0.3, 0.4) is 0 Å². The summed E-state index contributed by atoms with van der Waals surface area (Å²) in [5.41, 5.74) is 1.59. The maximum Gasteiger partial charge on any atom is 0.293 e. The molecule has 2 aromatic rings. The van der Waals surface area contributed by atoms with Gasteiger partial charge in [0.25, 0.3) is 11.6 Å². The zero-order valence-corrected chi connectivity index (χ0v) is 16.7. The number of benzene rings is 2. The fraction of sp³-hybridized carbons (Fsp3) is 0.381. The molecule has 1 aliphatic rings. The number of rotatable bonds is 8. The molecule has 29 heavy (non-hydrogen) atoms. The van der Waals surface area contributed by atoms with Crippen LogP contribution in [0.2, 0.25) is 0 Å². The summed E-state index contributed by atoms with van der Waals surface area (Å²) in [5.74, 6) is 0.444. The van der Waals surface area contributed by atoms with Crippen molar-refractivity contribution in [1.82, 2.24) is 10.2 Å². The molecule has 3 rings (SSSR count). The quantitative estimate of drug-likeness (QED) is 0.524. The van der Waals surface area contributed by atoms with E-state index in [1.807, 2.05) is 24.3 Å². The summed E-state index contributed by atoms with van der Waals surface area (Å²) < 4.78 is 5.34. The van der Waals surface area contributed by atoms with Gasteiger partial charge in [-0.1, -0.05) is 12.1 Å². The zero-order chi connectivity index (χ0) is 20.8. The first-order chi connectivity index (χ1) is 14.0. The topological polar surface area (TPSA) is 96.7 Å². The fourth-order valence-corrected chi connectivity index (χ4v) is 3.69. The van der Waals surface area contributed by atoms with Crippen LogP contribution >= 0.6 is 0 Å². The molecule has 1 heterocycles. The van der Waals surface area contributed by atoms with E-state index in [4.69, 9.17) is 4.74 Å². The average Bonchev–Trinajstić information content (AvgIpc) is 3.28. The molecular weight excluding hydrogens is 372 g/mol. The minimum Gasteiger partial charge on any atom is -0.497 e. The summed E-state index contributed by atoms with van der Waals surface area (Å²) in [7, 11) is 3.24. The molecule has 0 saturated carbocycles. The lowest BCUT2D eigenvalue weighted by atomic mass is 10.0. The SMILES string of the molecule is CNc1ccc(C(=O)NCC(c2cccc(OC)c2)N2CCCC2)cc1[N+](=O)[O-]. The van der Waals surface area contributed by atoms with Crippen molar-refractivity contribution in [3.05, 3.63) is 63.7 Å². The van der Waals surface area contributed by atoms with E-state index in [1.54, 1.807) is 26.3 Å². The Kier molecular flexibility index (Phi) is 6.66. The second kappa shape index (κ2) is 9.38. The summed E-state index contributed by atoms with van der Waals surface area (Å²) in [6, 6.07) is 12.3. The molecule has 0 bridgehead atoms. The summed E-state index contributed by atoms with van der Waals surface area (Å²) in [6.07, 6.45) is 2.26. The Hall–Kier alpha value is -3.13. The Morgan fingerprint density at radius 3 is 2.66 bits per heavy atom. The number of nitro benzene ring substituents is 1. The van der Waals surface area contributed by atoms with E-state index < -0.39 is 4.92 Å². The van der Waals surface area contributed by atoms with Crippen LogP contribution in [0, 0.1) is 10.1 Å². The van der Waals surface area contributed by atoms with E-state index in [1.165, 1.54) is 6.07 Å². The van der Waals surface area contributed by atoms with E-state index in [2.05, 4.69) is 15.5 Å². The first-order valence-electron chi connectivity index (χ1n) is 9.66. The maximum absolute atomic E-state index is 12.7. The number of nitrogens with zero attached hydrogens (tertiary/aromatic N) is 2. The van der Waals surface area contributed by atoms with Gasteiger partial charge in [0.2, 0.25) is 0 Å². The third-order valence-electron chi connectivity index (χ3n) is 5.24. The lowest BCUT2D eigenvalue weighted by Crippen LogP contribution is -2.36. The highest BCUT2D eigenvalue weighted by Crippen LogP contribution is 2.28. The van der Waals surface area contributed by atoms with Gasteiger partial charge < -0.3 is 15.4 Å². The first-order valence-corrected chi connectivity index (χ1v) is 9.66. The van der Waals surface area contributed by atoms with Crippen LogP contribution in [0.1, 0.15) is 34.8 Å². The van der Waals surface area contributed by atoms with Gasteiger partial charge in [0.15, 0.2) is 0 Å². The van der Waals surface area contributed by atoms with Crippen molar-refractivity contribution in [2.75, 3.05) is 39.1 Å². The molecule has 1 saturated heterocycles. The van der Waals surface area contributed by atoms with Crippen LogP contribution in [-0.4, -0.2) is 49.5 Å².